The van der Waals surface area contributed by atoms with Gasteiger partial charge in [0.15, 0.2) is 21.5 Å². The maximum atomic E-state index is 15.0. The van der Waals surface area contributed by atoms with Crippen LogP contribution >= 0.6 is 0 Å². The summed E-state index contributed by atoms with van der Waals surface area (Å²) < 4.78 is 118. The van der Waals surface area contributed by atoms with E-state index in [9.17, 15) is 35.5 Å². The van der Waals surface area contributed by atoms with Gasteiger partial charge in [0, 0.05) is 29.9 Å². The molecule has 2 aromatic heterocycles. The van der Waals surface area contributed by atoms with Crippen LogP contribution < -0.4 is 4.74 Å². The zero-order chi connectivity index (χ0) is 32.8. The quantitative estimate of drug-likeness (QED) is 0.178. The zero-order valence-corrected chi connectivity index (χ0v) is 24.5. The van der Waals surface area contributed by atoms with Crippen molar-refractivity contribution < 1.29 is 49.0 Å². The molecule has 1 N–H and O–H groups in total. The highest BCUT2D eigenvalue weighted by Crippen LogP contribution is 2.41. The lowest BCUT2D eigenvalue weighted by atomic mass is 9.97. The first-order chi connectivity index (χ1) is 21.1. The lowest BCUT2D eigenvalue weighted by Gasteiger charge is -2.16. The first kappa shape index (κ1) is 31.8. The van der Waals surface area contributed by atoms with Crippen LogP contribution in [0.5, 0.6) is 5.75 Å². The molecule has 5 aromatic rings. The predicted molar refractivity (Wildman–Crippen MR) is 150 cm³/mol. The van der Waals surface area contributed by atoms with Gasteiger partial charge in [-0.05, 0) is 72.6 Å². The summed E-state index contributed by atoms with van der Waals surface area (Å²) in [5.74, 6) is -0.987. The predicted octanol–water partition coefficient (Wildman–Crippen LogP) is 7.13. The van der Waals surface area contributed by atoms with E-state index in [1.807, 2.05) is 0 Å². The Bertz CT molecular complexity index is 2000. The van der Waals surface area contributed by atoms with Crippen LogP contribution in [0, 0.1) is 19.7 Å². The third kappa shape index (κ3) is 6.44. The molecule has 0 atom stereocenters. The Morgan fingerprint density at radius 3 is 2.24 bits per heavy atom. The maximum absolute atomic E-state index is 15.0. The van der Waals surface area contributed by atoms with Crippen molar-refractivity contribution in [3.05, 3.63) is 89.3 Å². The molecule has 0 fully saturated rings. The van der Waals surface area contributed by atoms with Crippen LogP contribution in [-0.4, -0.2) is 41.2 Å². The van der Waals surface area contributed by atoms with Gasteiger partial charge in [0.2, 0.25) is 0 Å². The zero-order valence-electron chi connectivity index (χ0n) is 23.7. The van der Waals surface area contributed by atoms with Gasteiger partial charge in [-0.3, -0.25) is 0 Å². The summed E-state index contributed by atoms with van der Waals surface area (Å²) >= 11 is 0. The van der Waals surface area contributed by atoms with E-state index in [4.69, 9.17) is 4.42 Å². The van der Waals surface area contributed by atoms with E-state index in [0.29, 0.717) is 10.2 Å². The molecule has 5 rings (SSSR count). The second-order valence-electron chi connectivity index (χ2n) is 9.99. The number of alkyl halides is 5. The topological polar surface area (TPSA) is 107 Å². The van der Waals surface area contributed by atoms with E-state index in [2.05, 4.69) is 14.8 Å². The first-order valence-electron chi connectivity index (χ1n) is 13.0. The third-order valence-electron chi connectivity index (χ3n) is 6.72. The van der Waals surface area contributed by atoms with E-state index < -0.39 is 51.2 Å². The molecule has 0 aliphatic rings. The first-order valence-corrected chi connectivity index (χ1v) is 14.9. The minimum absolute atomic E-state index is 0.0314. The van der Waals surface area contributed by atoms with Crippen LogP contribution in [0.25, 0.3) is 39.4 Å². The average Bonchev–Trinajstić information content (AvgIpc) is 3.54. The van der Waals surface area contributed by atoms with Crippen LogP contribution in [0.4, 0.5) is 26.3 Å². The van der Waals surface area contributed by atoms with E-state index in [-0.39, 0.29) is 51.2 Å². The number of ether oxygens (including phenoxy) is 1. The van der Waals surface area contributed by atoms with E-state index in [0.717, 1.165) is 24.5 Å². The number of benzene rings is 3. The van der Waals surface area contributed by atoms with Crippen LogP contribution in [0.3, 0.4) is 0 Å². The number of oxazole rings is 1. The molecule has 15 heteroatoms. The van der Waals surface area contributed by atoms with Crippen molar-refractivity contribution in [2.45, 2.75) is 38.1 Å². The van der Waals surface area contributed by atoms with Gasteiger partial charge in [-0.15, -0.1) is 0 Å². The number of aryl methyl sites for hydroxylation is 2. The van der Waals surface area contributed by atoms with Crippen molar-refractivity contribution in [1.29, 1.82) is 0 Å². The molecule has 0 saturated heterocycles. The van der Waals surface area contributed by atoms with Crippen molar-refractivity contribution in [3.63, 3.8) is 0 Å². The van der Waals surface area contributed by atoms with E-state index in [1.165, 1.54) is 56.3 Å². The summed E-state index contributed by atoms with van der Waals surface area (Å²) in [6.07, 6.45) is -3.96. The Morgan fingerprint density at radius 2 is 1.64 bits per heavy atom. The molecular formula is C30H23F6N3O5S. The number of rotatable bonds is 8. The molecule has 0 spiro atoms. The van der Waals surface area contributed by atoms with Crippen molar-refractivity contribution in [2.75, 3.05) is 6.26 Å². The van der Waals surface area contributed by atoms with Gasteiger partial charge in [0.05, 0.1) is 22.9 Å². The lowest BCUT2D eigenvalue weighted by molar-refractivity contribution is -0.142. The smallest absolute Gasteiger partial charge is 0.433 e. The molecule has 0 amide bonds. The van der Waals surface area contributed by atoms with Crippen molar-refractivity contribution in [3.8, 4) is 45.1 Å². The van der Waals surface area contributed by atoms with Gasteiger partial charge in [-0.2, -0.15) is 27.1 Å². The van der Waals surface area contributed by atoms with Gasteiger partial charge in [-0.25, -0.2) is 22.5 Å². The van der Waals surface area contributed by atoms with Crippen molar-refractivity contribution in [2.24, 2.45) is 0 Å². The van der Waals surface area contributed by atoms with Gasteiger partial charge >= 0.3 is 12.8 Å². The largest absolute Gasteiger partial charge is 0.440 e. The second kappa shape index (κ2) is 11.7. The number of hydrogen-bond acceptors (Lipinski definition) is 7. The monoisotopic (exact) mass is 651 g/mol. The number of halogens is 6. The van der Waals surface area contributed by atoms with Crippen LogP contribution in [0.15, 0.2) is 70.0 Å². The number of aromatic nitrogens is 3. The number of aliphatic hydroxyl groups is 1. The molecule has 3 aromatic carbocycles. The van der Waals surface area contributed by atoms with Gasteiger partial charge in [0.1, 0.15) is 23.0 Å². The molecule has 0 unspecified atom stereocenters. The fourth-order valence-corrected chi connectivity index (χ4v) is 5.78. The Hall–Kier alpha value is -4.63. The Balaban J connectivity index is 1.78. The number of aliphatic hydroxyl groups excluding tert-OH is 1. The van der Waals surface area contributed by atoms with Crippen LogP contribution in [0.1, 0.15) is 22.8 Å². The van der Waals surface area contributed by atoms with Gasteiger partial charge in [0.25, 0.3) is 0 Å². The molecule has 8 nitrogen and oxygen atoms in total. The highest BCUT2D eigenvalue weighted by molar-refractivity contribution is 7.90. The number of sulfone groups is 1. The third-order valence-corrected chi connectivity index (χ3v) is 7.89. The Kier molecular flexibility index (Phi) is 8.27. The lowest BCUT2D eigenvalue weighted by Crippen LogP contribution is -2.14. The van der Waals surface area contributed by atoms with Crippen molar-refractivity contribution >= 4 is 9.84 Å². The fourth-order valence-electron chi connectivity index (χ4n) is 4.83. The maximum Gasteiger partial charge on any atom is 0.433 e. The average molecular weight is 652 g/mol. The molecule has 0 aliphatic carbocycles. The summed E-state index contributed by atoms with van der Waals surface area (Å²) in [5.41, 5.74) is -0.959. The fraction of sp³-hybridized carbons (Fsp3) is 0.200. The molecule has 0 aliphatic heterocycles. The standard InChI is InChI=1S/C30H23F6N3O5S/c1-15-10-26(30(34,35)36)39(38-15)24-9-6-18(19-12-23(31)22(14-40)25(13-19)45(3,41)42)11-21(24)27-28(43-16(2)37-27)17-4-7-20(8-5-17)44-29(32)33/h4-13,29,40H,14H2,1-3H3. The highest BCUT2D eigenvalue weighted by Gasteiger charge is 2.37. The van der Waals surface area contributed by atoms with Crippen LogP contribution in [0.2, 0.25) is 0 Å². The molecule has 0 radical (unpaired) electrons. The van der Waals surface area contributed by atoms with Gasteiger partial charge < -0.3 is 14.3 Å². The minimum atomic E-state index is -4.81. The van der Waals surface area contributed by atoms with E-state index >= 15 is 4.39 Å². The molecular weight excluding hydrogens is 628 g/mol. The summed E-state index contributed by atoms with van der Waals surface area (Å²) in [5, 5.41) is 13.7. The normalized spacial score (nSPS) is 12.2. The minimum Gasteiger partial charge on any atom is -0.440 e. The second-order valence-corrected chi connectivity index (χ2v) is 12.0. The molecule has 0 bridgehead atoms. The summed E-state index contributed by atoms with van der Waals surface area (Å²) in [4.78, 5) is 3.94. The number of hydrogen-bond donors (Lipinski definition) is 1. The van der Waals surface area contributed by atoms with E-state index in [1.54, 1.807) is 0 Å². The molecule has 2 heterocycles. The van der Waals surface area contributed by atoms with Gasteiger partial charge in [-0.1, -0.05) is 6.07 Å². The molecule has 45 heavy (non-hydrogen) atoms. The molecule has 236 valence electrons. The molecule has 0 saturated carbocycles. The summed E-state index contributed by atoms with van der Waals surface area (Å²) in [6.45, 7) is -1.08. The van der Waals surface area contributed by atoms with Crippen molar-refractivity contribution in [1.82, 2.24) is 14.8 Å². The number of nitrogens with zero attached hydrogens (tertiary/aromatic N) is 3. The Morgan fingerprint density at radius 1 is 0.978 bits per heavy atom. The summed E-state index contributed by atoms with van der Waals surface area (Å²) in [7, 11) is -4.01. The SMILES string of the molecule is Cc1cc(C(F)(F)F)n(-c2ccc(-c3cc(F)c(CO)c(S(C)(=O)=O)c3)cc2-c2nc(C)oc2-c2ccc(OC(F)F)cc2)n1. The highest BCUT2D eigenvalue weighted by atomic mass is 32.2. The van der Waals surface area contributed by atoms with Crippen LogP contribution in [-0.2, 0) is 22.6 Å². The Labute approximate surface area is 252 Å². The summed E-state index contributed by atoms with van der Waals surface area (Å²) in [6, 6.07) is 12.3.